The van der Waals surface area contributed by atoms with E-state index >= 15 is 0 Å². The van der Waals surface area contributed by atoms with Gasteiger partial charge in [-0.15, -0.1) is 0 Å². The zero-order valence-corrected chi connectivity index (χ0v) is 18.4. The van der Waals surface area contributed by atoms with Crippen molar-refractivity contribution in [1.82, 2.24) is 5.32 Å². The maximum absolute atomic E-state index is 12.3. The molecule has 1 aliphatic carbocycles. The lowest BCUT2D eigenvalue weighted by Crippen LogP contribution is -2.41. The minimum absolute atomic E-state index is 0.240. The summed E-state index contributed by atoms with van der Waals surface area (Å²) in [6.45, 7) is 2.07. The molecule has 152 valence electrons. The Balaban J connectivity index is 1.83. The van der Waals surface area contributed by atoms with Gasteiger partial charge in [-0.1, -0.05) is 36.9 Å². The van der Waals surface area contributed by atoms with Gasteiger partial charge in [0.25, 0.3) is 0 Å². The van der Waals surface area contributed by atoms with Gasteiger partial charge in [0.15, 0.2) is 0 Å². The minimum Gasteiger partial charge on any atom is -0.354 e. The van der Waals surface area contributed by atoms with Crippen LogP contribution in [0.4, 0.5) is 5.69 Å². The van der Waals surface area contributed by atoms with E-state index in [9.17, 15) is 13.2 Å². The Kier molecular flexibility index (Phi) is 8.76. The summed E-state index contributed by atoms with van der Waals surface area (Å²) >= 11 is 8.10. The van der Waals surface area contributed by atoms with E-state index in [2.05, 4.69) is 5.32 Å². The summed E-state index contributed by atoms with van der Waals surface area (Å²) in [5.41, 5.74) is 1.08. The number of rotatable bonds is 9. The predicted molar refractivity (Wildman–Crippen MR) is 115 cm³/mol. The Morgan fingerprint density at radius 3 is 2.67 bits per heavy atom. The number of hydrogen-bond acceptors (Lipinski definition) is 4. The van der Waals surface area contributed by atoms with Gasteiger partial charge in [0.05, 0.1) is 11.9 Å². The summed E-state index contributed by atoms with van der Waals surface area (Å²) in [4.78, 5) is 12.3. The van der Waals surface area contributed by atoms with Gasteiger partial charge in [0.1, 0.15) is 6.54 Å². The van der Waals surface area contributed by atoms with Gasteiger partial charge in [0.2, 0.25) is 15.9 Å². The van der Waals surface area contributed by atoms with Crippen LogP contribution in [0.3, 0.4) is 0 Å². The lowest BCUT2D eigenvalue weighted by molar-refractivity contribution is -0.119. The molecule has 1 aromatic carbocycles. The molecule has 0 radical (unpaired) electrons. The number of carbonyl (C=O) groups excluding carboxylic acids is 1. The van der Waals surface area contributed by atoms with Crippen LogP contribution in [-0.4, -0.2) is 44.7 Å². The van der Waals surface area contributed by atoms with E-state index in [0.717, 1.165) is 28.0 Å². The second-order valence-corrected chi connectivity index (χ2v) is 10.7. The third-order valence-electron chi connectivity index (χ3n) is 4.74. The van der Waals surface area contributed by atoms with Crippen LogP contribution in [0.2, 0.25) is 5.02 Å². The van der Waals surface area contributed by atoms with E-state index in [0.29, 0.717) is 22.8 Å². The standard InChI is InChI=1S/C19H29ClN2O3S2/c1-15-17(20)10-6-11-18(15)22(27(2,24)25)14-19(23)21-12-7-13-26-16-8-4-3-5-9-16/h6,10-11,16H,3-5,7-9,12-14H2,1-2H3,(H,21,23). The van der Waals surface area contributed by atoms with E-state index in [-0.39, 0.29) is 12.5 Å². The highest BCUT2D eigenvalue weighted by atomic mass is 35.5. The average molecular weight is 433 g/mol. The number of anilines is 1. The molecule has 1 N–H and O–H groups in total. The van der Waals surface area contributed by atoms with Crippen LogP contribution in [0.5, 0.6) is 0 Å². The summed E-state index contributed by atoms with van der Waals surface area (Å²) < 4.78 is 25.5. The summed E-state index contributed by atoms with van der Waals surface area (Å²) in [5.74, 6) is 0.719. The lowest BCUT2D eigenvalue weighted by Gasteiger charge is -2.24. The molecule has 8 heteroatoms. The number of benzene rings is 1. The highest BCUT2D eigenvalue weighted by molar-refractivity contribution is 7.99. The van der Waals surface area contributed by atoms with Gasteiger partial charge in [0, 0.05) is 16.8 Å². The summed E-state index contributed by atoms with van der Waals surface area (Å²) in [5, 5.41) is 4.07. The van der Waals surface area contributed by atoms with Crippen molar-refractivity contribution in [2.75, 3.05) is 29.4 Å². The number of carbonyl (C=O) groups is 1. The van der Waals surface area contributed by atoms with Crippen molar-refractivity contribution in [3.8, 4) is 0 Å². The second-order valence-electron chi connectivity index (χ2n) is 6.99. The molecule has 1 aromatic rings. The van der Waals surface area contributed by atoms with E-state index in [1.54, 1.807) is 25.1 Å². The molecule has 0 bridgehead atoms. The van der Waals surface area contributed by atoms with Gasteiger partial charge in [-0.2, -0.15) is 11.8 Å². The smallest absolute Gasteiger partial charge is 0.240 e. The Bertz CT molecular complexity index is 734. The fraction of sp³-hybridized carbons (Fsp3) is 0.632. The molecule has 1 aliphatic rings. The van der Waals surface area contributed by atoms with Gasteiger partial charge < -0.3 is 5.32 Å². The lowest BCUT2D eigenvalue weighted by atomic mass is 10.0. The van der Waals surface area contributed by atoms with E-state index in [1.165, 1.54) is 32.1 Å². The van der Waals surface area contributed by atoms with Crippen LogP contribution in [0, 0.1) is 6.92 Å². The number of thioether (sulfide) groups is 1. The molecule has 27 heavy (non-hydrogen) atoms. The molecule has 0 aliphatic heterocycles. The number of hydrogen-bond donors (Lipinski definition) is 1. The molecule has 0 atom stereocenters. The second kappa shape index (κ2) is 10.6. The highest BCUT2D eigenvalue weighted by Crippen LogP contribution is 2.29. The first-order valence-corrected chi connectivity index (χ1v) is 12.7. The zero-order chi connectivity index (χ0) is 19.9. The quantitative estimate of drug-likeness (QED) is 0.599. The highest BCUT2D eigenvalue weighted by Gasteiger charge is 2.23. The van der Waals surface area contributed by atoms with Crippen molar-refractivity contribution in [2.24, 2.45) is 0 Å². The van der Waals surface area contributed by atoms with Crippen LogP contribution in [0.15, 0.2) is 18.2 Å². The Labute approximate surface area is 172 Å². The van der Waals surface area contributed by atoms with Crippen molar-refractivity contribution in [3.05, 3.63) is 28.8 Å². The average Bonchev–Trinajstić information content (AvgIpc) is 2.62. The molecule has 0 spiro atoms. The molecule has 1 amide bonds. The first-order chi connectivity index (χ1) is 12.8. The van der Waals surface area contributed by atoms with Gasteiger partial charge in [-0.05, 0) is 49.6 Å². The van der Waals surface area contributed by atoms with Gasteiger partial charge >= 0.3 is 0 Å². The van der Waals surface area contributed by atoms with Crippen LogP contribution < -0.4 is 9.62 Å². The molecule has 1 fully saturated rings. The third-order valence-corrected chi connectivity index (χ3v) is 7.75. The number of sulfonamides is 1. The normalized spacial score (nSPS) is 15.5. The maximum atomic E-state index is 12.3. The Morgan fingerprint density at radius 1 is 1.30 bits per heavy atom. The third kappa shape index (κ3) is 7.20. The van der Waals surface area contributed by atoms with Crippen molar-refractivity contribution >= 4 is 45.0 Å². The first kappa shape index (κ1) is 22.4. The molecule has 0 saturated heterocycles. The van der Waals surface area contributed by atoms with Crippen LogP contribution in [0.1, 0.15) is 44.1 Å². The summed E-state index contributed by atoms with van der Waals surface area (Å²) in [7, 11) is -3.59. The number of halogens is 1. The molecule has 0 heterocycles. The van der Waals surface area contributed by atoms with Crippen molar-refractivity contribution in [2.45, 2.75) is 50.7 Å². The molecule has 1 saturated carbocycles. The molecular formula is C19H29ClN2O3S2. The van der Waals surface area contributed by atoms with Crippen molar-refractivity contribution in [1.29, 1.82) is 0 Å². The Hall–Kier alpha value is -0.920. The Morgan fingerprint density at radius 2 is 2.00 bits per heavy atom. The van der Waals surface area contributed by atoms with E-state index < -0.39 is 10.0 Å². The summed E-state index contributed by atoms with van der Waals surface area (Å²) in [6, 6.07) is 5.05. The molecule has 0 unspecified atom stereocenters. The predicted octanol–water partition coefficient (Wildman–Crippen LogP) is 3.99. The maximum Gasteiger partial charge on any atom is 0.240 e. The molecule has 5 nitrogen and oxygen atoms in total. The van der Waals surface area contributed by atoms with Gasteiger partial charge in [-0.25, -0.2) is 8.42 Å². The van der Waals surface area contributed by atoms with Crippen molar-refractivity contribution in [3.63, 3.8) is 0 Å². The fourth-order valence-electron chi connectivity index (χ4n) is 3.22. The first-order valence-electron chi connectivity index (χ1n) is 9.40. The number of amides is 1. The topological polar surface area (TPSA) is 66.5 Å². The number of nitrogens with zero attached hydrogens (tertiary/aromatic N) is 1. The van der Waals surface area contributed by atoms with Gasteiger partial charge in [-0.3, -0.25) is 9.10 Å². The zero-order valence-electron chi connectivity index (χ0n) is 16.0. The summed E-state index contributed by atoms with van der Waals surface area (Å²) in [6.07, 6.45) is 8.62. The molecule has 0 aromatic heterocycles. The van der Waals surface area contributed by atoms with Crippen LogP contribution in [0.25, 0.3) is 0 Å². The monoisotopic (exact) mass is 432 g/mol. The number of nitrogens with one attached hydrogen (secondary N) is 1. The largest absolute Gasteiger partial charge is 0.354 e. The fourth-order valence-corrected chi connectivity index (χ4v) is 5.60. The minimum atomic E-state index is -3.59. The SMILES string of the molecule is Cc1c(Cl)cccc1N(CC(=O)NCCCSC1CCCCC1)S(C)(=O)=O. The molecular weight excluding hydrogens is 404 g/mol. The molecule has 2 rings (SSSR count). The van der Waals surface area contributed by atoms with Crippen molar-refractivity contribution < 1.29 is 13.2 Å². The van der Waals surface area contributed by atoms with Crippen LogP contribution in [-0.2, 0) is 14.8 Å². The van der Waals surface area contributed by atoms with E-state index in [1.807, 2.05) is 11.8 Å². The van der Waals surface area contributed by atoms with Crippen LogP contribution >= 0.6 is 23.4 Å². The van der Waals surface area contributed by atoms with E-state index in [4.69, 9.17) is 11.6 Å².